The number of thiazole rings is 1. The van der Waals surface area contributed by atoms with Crippen LogP contribution in [0.25, 0.3) is 6.08 Å². The quantitative estimate of drug-likeness (QED) is 0.436. The fraction of sp³-hybridized carbons (Fsp3) is 0.731. The van der Waals surface area contributed by atoms with Gasteiger partial charge in [0.1, 0.15) is 11.9 Å². The van der Waals surface area contributed by atoms with Crippen molar-refractivity contribution in [2.45, 2.75) is 102 Å². The Bertz CT molecular complexity index is 911. The van der Waals surface area contributed by atoms with E-state index in [1.165, 1.54) is 0 Å². The first-order chi connectivity index (χ1) is 15.9. The predicted molar refractivity (Wildman–Crippen MR) is 138 cm³/mol. The predicted octanol–water partition coefficient (Wildman–Crippen LogP) is 4.80. The summed E-state index contributed by atoms with van der Waals surface area (Å²) in [5.41, 5.74) is 0.615. The summed E-state index contributed by atoms with van der Waals surface area (Å²) in [6, 6.07) is 0. The standard InChI is InChI=1S/C26H39NO5S2/c1-14-8-7-9-20-21(34-20)11-19(15(2)10-18-13-33-17(4)27-18)32-23(29)12-22(28)26(5,6)25(31)16(3)24(14)30/h10,13-14,16,19-22,24,28,30H,7-9,11-12H2,1-6H3/b15-10+/t14?,16-,19+,20-,21+,22+,24+/m1/s1. The van der Waals surface area contributed by atoms with Gasteiger partial charge in [-0.1, -0.05) is 34.1 Å². The minimum absolute atomic E-state index is 0.00791. The van der Waals surface area contributed by atoms with Gasteiger partial charge in [0.05, 0.1) is 34.7 Å². The molecule has 34 heavy (non-hydrogen) atoms. The lowest BCUT2D eigenvalue weighted by molar-refractivity contribution is -0.154. The van der Waals surface area contributed by atoms with Gasteiger partial charge in [0.15, 0.2) is 0 Å². The molecule has 0 radical (unpaired) electrons. The first-order valence-corrected chi connectivity index (χ1v) is 14.1. The number of fused-ring (bicyclic) bond motifs is 1. The number of hydrogen-bond acceptors (Lipinski definition) is 8. The van der Waals surface area contributed by atoms with Gasteiger partial charge in [-0.3, -0.25) is 9.59 Å². The summed E-state index contributed by atoms with van der Waals surface area (Å²) < 4.78 is 5.89. The van der Waals surface area contributed by atoms with Crippen LogP contribution < -0.4 is 0 Å². The molecule has 2 aliphatic heterocycles. The van der Waals surface area contributed by atoms with E-state index in [-0.39, 0.29) is 18.1 Å². The fourth-order valence-electron chi connectivity index (χ4n) is 4.78. The number of carbonyl (C=O) groups is 2. The van der Waals surface area contributed by atoms with Crippen molar-refractivity contribution in [3.8, 4) is 0 Å². The van der Waals surface area contributed by atoms with E-state index >= 15 is 0 Å². The van der Waals surface area contributed by atoms with Crippen LogP contribution in [0.15, 0.2) is 11.0 Å². The van der Waals surface area contributed by atoms with E-state index < -0.39 is 35.6 Å². The van der Waals surface area contributed by atoms with Gasteiger partial charge in [-0.05, 0) is 44.3 Å². The smallest absolute Gasteiger partial charge is 0.309 e. The molecule has 0 amide bonds. The van der Waals surface area contributed by atoms with Crippen molar-refractivity contribution < 1.29 is 24.5 Å². The van der Waals surface area contributed by atoms with E-state index in [2.05, 4.69) is 4.98 Å². The van der Waals surface area contributed by atoms with Gasteiger partial charge in [-0.25, -0.2) is 4.98 Å². The third kappa shape index (κ3) is 6.71. The molecule has 1 aromatic heterocycles. The van der Waals surface area contributed by atoms with Crippen LogP contribution in [0.1, 0.15) is 77.4 Å². The van der Waals surface area contributed by atoms with E-state index in [1.807, 2.05) is 44.0 Å². The first kappa shape index (κ1) is 27.4. The Morgan fingerprint density at radius 2 is 1.91 bits per heavy atom. The molecule has 3 heterocycles. The number of ketones is 1. The lowest BCUT2D eigenvalue weighted by Gasteiger charge is -2.34. The summed E-state index contributed by atoms with van der Waals surface area (Å²) in [5, 5.41) is 25.5. The topological polar surface area (TPSA) is 96.7 Å². The van der Waals surface area contributed by atoms with Crippen LogP contribution >= 0.6 is 23.1 Å². The second kappa shape index (κ2) is 11.2. The number of ether oxygens (including phenoxy) is 1. The molecule has 0 saturated carbocycles. The van der Waals surface area contributed by atoms with E-state index in [0.717, 1.165) is 42.0 Å². The van der Waals surface area contributed by atoms with Gasteiger partial charge in [-0.2, -0.15) is 11.8 Å². The average Bonchev–Trinajstić information content (AvgIpc) is 3.38. The molecule has 1 unspecified atom stereocenters. The highest BCUT2D eigenvalue weighted by Gasteiger charge is 2.44. The number of rotatable bonds is 2. The van der Waals surface area contributed by atoms with Crippen LogP contribution in [0, 0.1) is 24.2 Å². The normalized spacial score (nSPS) is 36.0. The van der Waals surface area contributed by atoms with Gasteiger partial charge >= 0.3 is 5.97 Å². The number of aliphatic hydroxyl groups is 2. The molecule has 0 bridgehead atoms. The van der Waals surface area contributed by atoms with Gasteiger partial charge in [0.2, 0.25) is 0 Å². The van der Waals surface area contributed by atoms with Crippen molar-refractivity contribution in [1.29, 1.82) is 0 Å². The van der Waals surface area contributed by atoms with E-state index in [1.54, 1.807) is 32.1 Å². The van der Waals surface area contributed by atoms with Crippen molar-refractivity contribution in [2.75, 3.05) is 0 Å². The first-order valence-electron chi connectivity index (χ1n) is 12.3. The van der Waals surface area contributed by atoms with Gasteiger partial charge < -0.3 is 14.9 Å². The van der Waals surface area contributed by atoms with Crippen LogP contribution in [0.4, 0.5) is 0 Å². The minimum atomic E-state index is -1.19. The Morgan fingerprint density at radius 1 is 1.21 bits per heavy atom. The maximum atomic E-state index is 13.2. The third-order valence-corrected chi connectivity index (χ3v) is 9.67. The molecule has 2 saturated heterocycles. The zero-order chi connectivity index (χ0) is 25.2. The Labute approximate surface area is 211 Å². The molecule has 6 nitrogen and oxygen atoms in total. The number of carbonyl (C=O) groups excluding carboxylic acids is 2. The Balaban J connectivity index is 1.81. The van der Waals surface area contributed by atoms with Crippen molar-refractivity contribution >= 4 is 40.9 Å². The number of aromatic nitrogens is 1. The summed E-state index contributed by atoms with van der Waals surface area (Å²) >= 11 is 3.49. The number of Topliss-reactive ketones (excluding diaryl/α,β-unsaturated/α-hetero) is 1. The number of nitrogens with zero attached hydrogens (tertiary/aromatic N) is 1. The summed E-state index contributed by atoms with van der Waals surface area (Å²) in [7, 11) is 0. The second-order valence-electron chi connectivity index (χ2n) is 10.6. The minimum Gasteiger partial charge on any atom is -0.458 e. The highest BCUT2D eigenvalue weighted by Crippen LogP contribution is 2.48. The molecule has 1 aromatic rings. The monoisotopic (exact) mass is 509 g/mol. The largest absolute Gasteiger partial charge is 0.458 e. The maximum Gasteiger partial charge on any atom is 0.309 e. The number of aliphatic hydroxyl groups excluding tert-OH is 2. The SMILES string of the molecule is C/C(=C\c1csc(C)n1)[C@@H]1C[C@@H]2S[C@@H]2CCCC(C)[C@H](O)[C@@H](C)C(=O)C(C)(C)[C@@H](O)CC(=O)O1. The lowest BCUT2D eigenvalue weighted by Crippen LogP contribution is -2.45. The maximum absolute atomic E-state index is 13.2. The number of hydrogen-bond donors (Lipinski definition) is 2. The molecule has 7 atom stereocenters. The number of thioether (sulfide) groups is 1. The van der Waals surface area contributed by atoms with Gasteiger partial charge in [0, 0.05) is 28.2 Å². The molecule has 2 aliphatic rings. The second-order valence-corrected chi connectivity index (χ2v) is 13.1. The number of esters is 1. The summed E-state index contributed by atoms with van der Waals surface area (Å²) in [6.07, 6.45) is 2.95. The molecule has 2 fully saturated rings. The molecule has 2 N–H and O–H groups in total. The third-order valence-electron chi connectivity index (χ3n) is 7.41. The number of aryl methyl sites for hydroxylation is 1. The summed E-state index contributed by atoms with van der Waals surface area (Å²) in [6.45, 7) is 10.9. The van der Waals surface area contributed by atoms with Crippen LogP contribution in [-0.2, 0) is 14.3 Å². The Morgan fingerprint density at radius 3 is 2.56 bits per heavy atom. The van der Waals surface area contributed by atoms with Crippen LogP contribution in [0.2, 0.25) is 0 Å². The molecule has 0 aliphatic carbocycles. The van der Waals surface area contributed by atoms with E-state index in [4.69, 9.17) is 4.74 Å². The zero-order valence-electron chi connectivity index (χ0n) is 21.1. The number of cyclic esters (lactones) is 1. The molecule has 0 aromatic carbocycles. The Hall–Kier alpha value is -1.22. The zero-order valence-corrected chi connectivity index (χ0v) is 22.7. The van der Waals surface area contributed by atoms with Crippen molar-refractivity contribution in [2.24, 2.45) is 17.3 Å². The highest BCUT2D eigenvalue weighted by atomic mass is 32.2. The molecule has 0 spiro atoms. The summed E-state index contributed by atoms with van der Waals surface area (Å²) in [5.74, 6) is -1.38. The van der Waals surface area contributed by atoms with E-state index in [0.29, 0.717) is 10.5 Å². The molecule has 8 heteroatoms. The van der Waals surface area contributed by atoms with Gasteiger partial charge in [-0.15, -0.1) is 11.3 Å². The fourth-order valence-corrected chi connectivity index (χ4v) is 6.55. The molecular weight excluding hydrogens is 470 g/mol. The van der Waals surface area contributed by atoms with Crippen molar-refractivity contribution in [3.05, 3.63) is 21.7 Å². The van der Waals surface area contributed by atoms with Crippen molar-refractivity contribution in [3.63, 3.8) is 0 Å². The molecule has 190 valence electrons. The Kier molecular flexibility index (Phi) is 9.04. The summed E-state index contributed by atoms with van der Waals surface area (Å²) in [4.78, 5) is 30.6. The van der Waals surface area contributed by atoms with Gasteiger partial charge in [0.25, 0.3) is 0 Å². The molecular formula is C26H39NO5S2. The van der Waals surface area contributed by atoms with Crippen LogP contribution in [0.3, 0.4) is 0 Å². The lowest BCUT2D eigenvalue weighted by atomic mass is 9.73. The van der Waals surface area contributed by atoms with Crippen LogP contribution in [-0.4, -0.2) is 55.8 Å². The van der Waals surface area contributed by atoms with Crippen molar-refractivity contribution in [1.82, 2.24) is 4.98 Å². The van der Waals surface area contributed by atoms with Crippen LogP contribution in [0.5, 0.6) is 0 Å². The molecule has 3 rings (SSSR count). The average molecular weight is 510 g/mol. The highest BCUT2D eigenvalue weighted by molar-refractivity contribution is 8.07. The van der Waals surface area contributed by atoms with E-state index in [9.17, 15) is 19.8 Å².